The lowest BCUT2D eigenvalue weighted by atomic mass is 9.70. The Balaban J connectivity index is 1.40. The first-order valence-corrected chi connectivity index (χ1v) is 10.3. The smallest absolute Gasteiger partial charge is 0.0695 e. The maximum absolute atomic E-state index is 10.4. The molecule has 2 saturated heterocycles. The second-order valence-corrected chi connectivity index (χ2v) is 8.44. The van der Waals surface area contributed by atoms with E-state index in [0.29, 0.717) is 12.1 Å². The number of rotatable bonds is 6. The van der Waals surface area contributed by atoms with Crippen molar-refractivity contribution in [3.63, 3.8) is 0 Å². The highest BCUT2D eigenvalue weighted by Crippen LogP contribution is 2.52. The van der Waals surface area contributed by atoms with Gasteiger partial charge < -0.3 is 5.11 Å². The van der Waals surface area contributed by atoms with Crippen LogP contribution in [0.2, 0.25) is 0 Å². The number of aromatic amines is 1. The molecule has 144 valence electrons. The van der Waals surface area contributed by atoms with E-state index in [2.05, 4.69) is 69.7 Å². The maximum atomic E-state index is 10.4. The van der Waals surface area contributed by atoms with E-state index in [1.54, 1.807) is 0 Å². The highest BCUT2D eigenvalue weighted by molar-refractivity contribution is 5.62. The number of aliphatic hydroxyl groups is 1. The van der Waals surface area contributed by atoms with Gasteiger partial charge in [-0.3, -0.25) is 10.00 Å². The minimum atomic E-state index is -0.0269. The SMILES string of the molecule is OC[C@]1(Cc2ccccc2)C[C@@H]2CC[C@H]1N2Cc1cn[nH]c1-c1ccccc1. The van der Waals surface area contributed by atoms with Gasteiger partial charge in [-0.05, 0) is 36.8 Å². The van der Waals surface area contributed by atoms with Gasteiger partial charge in [0.25, 0.3) is 0 Å². The molecular weight excluding hydrogens is 346 g/mol. The average molecular weight is 374 g/mol. The Bertz CT molecular complexity index is 923. The van der Waals surface area contributed by atoms with E-state index in [9.17, 15) is 5.11 Å². The van der Waals surface area contributed by atoms with Crippen molar-refractivity contribution in [1.82, 2.24) is 15.1 Å². The van der Waals surface area contributed by atoms with E-state index in [0.717, 1.165) is 25.1 Å². The monoisotopic (exact) mass is 373 g/mol. The predicted octanol–water partition coefficient (Wildman–Crippen LogP) is 4.03. The number of nitrogens with zero attached hydrogens (tertiary/aromatic N) is 2. The molecule has 0 spiro atoms. The lowest BCUT2D eigenvalue weighted by Crippen LogP contribution is -2.41. The van der Waals surface area contributed by atoms with Crippen LogP contribution >= 0.6 is 0 Å². The molecule has 5 rings (SSSR count). The molecule has 1 aromatic heterocycles. The van der Waals surface area contributed by atoms with E-state index < -0.39 is 0 Å². The van der Waals surface area contributed by atoms with E-state index in [1.165, 1.54) is 29.5 Å². The fraction of sp³-hybridized carbons (Fsp3) is 0.375. The van der Waals surface area contributed by atoms with Crippen LogP contribution in [0.5, 0.6) is 0 Å². The summed E-state index contributed by atoms with van der Waals surface area (Å²) in [5.74, 6) is 0. The van der Waals surface area contributed by atoms with Crippen LogP contribution in [0.4, 0.5) is 0 Å². The van der Waals surface area contributed by atoms with Gasteiger partial charge in [0.05, 0.1) is 18.5 Å². The van der Waals surface area contributed by atoms with Crippen molar-refractivity contribution in [2.75, 3.05) is 6.61 Å². The van der Waals surface area contributed by atoms with Crippen LogP contribution in [0.15, 0.2) is 66.9 Å². The van der Waals surface area contributed by atoms with Gasteiger partial charge in [-0.15, -0.1) is 0 Å². The van der Waals surface area contributed by atoms with Gasteiger partial charge >= 0.3 is 0 Å². The molecule has 3 atom stereocenters. The van der Waals surface area contributed by atoms with Gasteiger partial charge in [0.1, 0.15) is 0 Å². The third kappa shape index (κ3) is 2.97. The Kier molecular flexibility index (Phi) is 4.53. The summed E-state index contributed by atoms with van der Waals surface area (Å²) in [5, 5.41) is 18.0. The van der Waals surface area contributed by atoms with Gasteiger partial charge in [0, 0.05) is 29.6 Å². The van der Waals surface area contributed by atoms with Gasteiger partial charge in [-0.1, -0.05) is 60.7 Å². The Morgan fingerprint density at radius 1 is 1.04 bits per heavy atom. The number of fused-ring (bicyclic) bond motifs is 2. The van der Waals surface area contributed by atoms with Crippen LogP contribution in [0.3, 0.4) is 0 Å². The quantitative estimate of drug-likeness (QED) is 0.686. The first-order chi connectivity index (χ1) is 13.8. The minimum absolute atomic E-state index is 0.0269. The average Bonchev–Trinajstić information content (AvgIpc) is 3.44. The largest absolute Gasteiger partial charge is 0.396 e. The molecule has 0 amide bonds. The summed E-state index contributed by atoms with van der Waals surface area (Å²) in [4.78, 5) is 2.64. The van der Waals surface area contributed by atoms with Crippen LogP contribution in [0, 0.1) is 5.41 Å². The lowest BCUT2D eigenvalue weighted by Gasteiger charge is -2.36. The third-order valence-electron chi connectivity index (χ3n) is 6.84. The molecule has 2 aliphatic heterocycles. The summed E-state index contributed by atoms with van der Waals surface area (Å²) in [5.41, 5.74) is 4.85. The Morgan fingerprint density at radius 2 is 1.79 bits per heavy atom. The Hall–Kier alpha value is -2.43. The maximum Gasteiger partial charge on any atom is 0.0695 e. The summed E-state index contributed by atoms with van der Waals surface area (Å²) < 4.78 is 0. The van der Waals surface area contributed by atoms with Crippen molar-refractivity contribution in [2.24, 2.45) is 5.41 Å². The fourth-order valence-electron chi connectivity index (χ4n) is 5.56. The molecule has 0 radical (unpaired) electrons. The molecule has 0 saturated carbocycles. The number of hydrogen-bond acceptors (Lipinski definition) is 3. The fourth-order valence-corrected chi connectivity index (χ4v) is 5.56. The number of benzene rings is 2. The van der Waals surface area contributed by atoms with Gasteiger partial charge in [-0.2, -0.15) is 5.10 Å². The number of aliphatic hydroxyl groups excluding tert-OH is 1. The lowest BCUT2D eigenvalue weighted by molar-refractivity contribution is 0.0751. The zero-order valence-electron chi connectivity index (χ0n) is 16.1. The number of H-pyrrole nitrogens is 1. The molecule has 2 aliphatic rings. The topological polar surface area (TPSA) is 52.1 Å². The second kappa shape index (κ2) is 7.19. The van der Waals surface area contributed by atoms with Crippen LogP contribution in [-0.2, 0) is 13.0 Å². The summed E-state index contributed by atoms with van der Waals surface area (Å²) >= 11 is 0. The number of aromatic nitrogens is 2. The van der Waals surface area contributed by atoms with E-state index in [1.807, 2.05) is 12.3 Å². The number of nitrogens with one attached hydrogen (secondary N) is 1. The third-order valence-corrected chi connectivity index (χ3v) is 6.84. The van der Waals surface area contributed by atoms with E-state index >= 15 is 0 Å². The zero-order valence-corrected chi connectivity index (χ0v) is 16.1. The van der Waals surface area contributed by atoms with Gasteiger partial charge in [0.15, 0.2) is 0 Å². The first-order valence-electron chi connectivity index (χ1n) is 10.3. The van der Waals surface area contributed by atoms with Gasteiger partial charge in [0.2, 0.25) is 0 Å². The van der Waals surface area contributed by atoms with Crippen LogP contribution in [0.1, 0.15) is 30.4 Å². The van der Waals surface area contributed by atoms with Crippen molar-refractivity contribution in [3.8, 4) is 11.3 Å². The molecule has 0 aliphatic carbocycles. The molecule has 2 aromatic carbocycles. The van der Waals surface area contributed by atoms with E-state index in [4.69, 9.17) is 0 Å². The highest BCUT2D eigenvalue weighted by atomic mass is 16.3. The van der Waals surface area contributed by atoms with Crippen molar-refractivity contribution < 1.29 is 5.11 Å². The molecule has 28 heavy (non-hydrogen) atoms. The summed E-state index contributed by atoms with van der Waals surface area (Å²) in [7, 11) is 0. The Morgan fingerprint density at radius 3 is 2.54 bits per heavy atom. The van der Waals surface area contributed by atoms with Crippen molar-refractivity contribution in [2.45, 2.75) is 44.3 Å². The summed E-state index contributed by atoms with van der Waals surface area (Å²) in [6.07, 6.45) is 6.43. The predicted molar refractivity (Wildman–Crippen MR) is 111 cm³/mol. The highest BCUT2D eigenvalue weighted by Gasteiger charge is 2.55. The molecule has 4 nitrogen and oxygen atoms in total. The molecular formula is C24H27N3O. The molecule has 3 heterocycles. The molecule has 4 heteroatoms. The molecule has 2 fully saturated rings. The molecule has 2 N–H and O–H groups in total. The summed E-state index contributed by atoms with van der Waals surface area (Å²) in [6.45, 7) is 1.16. The zero-order chi connectivity index (χ0) is 19.0. The number of hydrogen-bond donors (Lipinski definition) is 2. The molecule has 0 unspecified atom stereocenters. The minimum Gasteiger partial charge on any atom is -0.396 e. The summed E-state index contributed by atoms with van der Waals surface area (Å²) in [6, 6.07) is 22.1. The van der Waals surface area contributed by atoms with E-state index in [-0.39, 0.29) is 12.0 Å². The van der Waals surface area contributed by atoms with Crippen LogP contribution in [-0.4, -0.2) is 38.9 Å². The first kappa shape index (κ1) is 17.7. The van der Waals surface area contributed by atoms with Crippen molar-refractivity contribution >= 4 is 0 Å². The van der Waals surface area contributed by atoms with Crippen LogP contribution < -0.4 is 0 Å². The Labute approximate surface area is 166 Å². The second-order valence-electron chi connectivity index (χ2n) is 8.44. The van der Waals surface area contributed by atoms with Crippen molar-refractivity contribution in [1.29, 1.82) is 0 Å². The van der Waals surface area contributed by atoms with Gasteiger partial charge in [-0.25, -0.2) is 0 Å². The van der Waals surface area contributed by atoms with Crippen LogP contribution in [0.25, 0.3) is 11.3 Å². The molecule has 2 bridgehead atoms. The normalized spacial score (nSPS) is 26.8. The molecule has 3 aromatic rings. The standard InChI is InChI=1S/C24H27N3O/c28-17-24(13-18-7-3-1-4-8-18)14-21-11-12-22(24)27(21)16-20-15-25-26-23(20)19-9-5-2-6-10-19/h1-10,15,21-22,28H,11-14,16-17H2,(H,25,26)/t21-,22+,24-/m0/s1. The van der Waals surface area contributed by atoms with Crippen molar-refractivity contribution in [3.05, 3.63) is 78.0 Å².